The maximum absolute atomic E-state index is 6.18. The molecule has 3 aromatic carbocycles. The molecule has 0 atom stereocenters. The fraction of sp³-hybridized carbons (Fsp3) is 0.0500. The van der Waals surface area contributed by atoms with E-state index in [-0.39, 0.29) is 0 Å². The van der Waals surface area contributed by atoms with Crippen molar-refractivity contribution in [3.8, 4) is 0 Å². The van der Waals surface area contributed by atoms with Crippen molar-refractivity contribution in [3.05, 3.63) is 88.4 Å². The van der Waals surface area contributed by atoms with Gasteiger partial charge >= 0.3 is 0 Å². The van der Waals surface area contributed by atoms with Crippen LogP contribution >= 0.6 is 23.4 Å². The van der Waals surface area contributed by atoms with Crippen LogP contribution in [0.15, 0.2) is 81.5 Å². The Hall–Kier alpha value is -2.03. The second-order valence-corrected chi connectivity index (χ2v) is 7.06. The van der Waals surface area contributed by atoms with Gasteiger partial charge in [0.1, 0.15) is 0 Å². The molecule has 3 aromatic rings. The summed E-state index contributed by atoms with van der Waals surface area (Å²) in [7, 11) is 0. The molecule has 0 aliphatic carbocycles. The third kappa shape index (κ3) is 2.80. The molecule has 23 heavy (non-hydrogen) atoms. The number of rotatable bonds is 1. The Morgan fingerprint density at radius 1 is 0.870 bits per heavy atom. The average Bonchev–Trinajstić information content (AvgIpc) is 2.72. The largest absolute Gasteiger partial charge is 0.247 e. The van der Waals surface area contributed by atoms with Crippen LogP contribution in [0.2, 0.25) is 5.02 Å². The zero-order chi connectivity index (χ0) is 15.8. The standard InChI is InChI=1S/C20H14ClNS/c1-13-7-9-18-16(11-13)20(14-5-3-2-4-6-14)22-17-12-15(21)8-10-19(17)23-18/h2-12H,1H3. The van der Waals surface area contributed by atoms with E-state index >= 15 is 0 Å². The van der Waals surface area contributed by atoms with Gasteiger partial charge in [-0.15, -0.1) is 0 Å². The summed E-state index contributed by atoms with van der Waals surface area (Å²) in [5.74, 6) is 0. The Balaban J connectivity index is 2.02. The summed E-state index contributed by atoms with van der Waals surface area (Å²) < 4.78 is 0. The van der Waals surface area contributed by atoms with Crippen molar-refractivity contribution in [1.82, 2.24) is 0 Å². The van der Waals surface area contributed by atoms with Crippen LogP contribution in [0, 0.1) is 6.92 Å². The fourth-order valence-corrected chi connectivity index (χ4v) is 3.85. The molecule has 0 spiro atoms. The van der Waals surface area contributed by atoms with Gasteiger partial charge in [-0.05, 0) is 37.3 Å². The molecule has 0 radical (unpaired) electrons. The van der Waals surface area contributed by atoms with Gasteiger partial charge in [-0.1, -0.05) is 65.3 Å². The summed E-state index contributed by atoms with van der Waals surface area (Å²) >= 11 is 7.93. The lowest BCUT2D eigenvalue weighted by Crippen LogP contribution is -2.04. The SMILES string of the molecule is Cc1ccc2c(c1)C(c1ccccc1)=Nc1cc(Cl)ccc1S2. The number of aryl methyl sites for hydroxylation is 1. The maximum atomic E-state index is 6.18. The first kappa shape index (κ1) is 14.6. The van der Waals surface area contributed by atoms with E-state index in [0.29, 0.717) is 5.02 Å². The van der Waals surface area contributed by atoms with Gasteiger partial charge in [0.15, 0.2) is 0 Å². The highest BCUT2D eigenvalue weighted by Crippen LogP contribution is 2.42. The highest BCUT2D eigenvalue weighted by atomic mass is 35.5. The van der Waals surface area contributed by atoms with Crippen LogP contribution in [-0.4, -0.2) is 5.71 Å². The lowest BCUT2D eigenvalue weighted by molar-refractivity contribution is 1.34. The molecule has 0 fully saturated rings. The van der Waals surface area contributed by atoms with Crippen LogP contribution in [0.4, 0.5) is 5.69 Å². The zero-order valence-electron chi connectivity index (χ0n) is 12.6. The van der Waals surface area contributed by atoms with Crippen LogP contribution in [-0.2, 0) is 0 Å². The minimum atomic E-state index is 0.711. The molecule has 0 unspecified atom stereocenters. The second kappa shape index (κ2) is 5.88. The molecule has 4 rings (SSSR count). The molecule has 1 aliphatic rings. The predicted molar refractivity (Wildman–Crippen MR) is 98.5 cm³/mol. The zero-order valence-corrected chi connectivity index (χ0v) is 14.2. The third-order valence-corrected chi connectivity index (χ3v) is 5.19. The summed E-state index contributed by atoms with van der Waals surface area (Å²) in [5.41, 5.74) is 5.45. The number of halogens is 1. The molecular weight excluding hydrogens is 322 g/mol. The number of aliphatic imine (C=N–C) groups is 1. The number of nitrogens with zero attached hydrogens (tertiary/aromatic N) is 1. The molecular formula is C20H14ClNS. The monoisotopic (exact) mass is 335 g/mol. The fourth-order valence-electron chi connectivity index (χ4n) is 2.70. The van der Waals surface area contributed by atoms with Crippen molar-refractivity contribution in [2.24, 2.45) is 4.99 Å². The smallest absolute Gasteiger partial charge is 0.0793 e. The first-order chi connectivity index (χ1) is 11.2. The number of fused-ring (bicyclic) bond motifs is 2. The number of hydrogen-bond donors (Lipinski definition) is 0. The molecule has 1 aliphatic heterocycles. The minimum absolute atomic E-state index is 0.711. The van der Waals surface area contributed by atoms with Gasteiger partial charge in [-0.2, -0.15) is 0 Å². The van der Waals surface area contributed by atoms with Gasteiger partial charge in [0.25, 0.3) is 0 Å². The quantitative estimate of drug-likeness (QED) is 0.398. The van der Waals surface area contributed by atoms with Gasteiger partial charge in [0, 0.05) is 25.9 Å². The first-order valence-electron chi connectivity index (χ1n) is 7.43. The van der Waals surface area contributed by atoms with Gasteiger partial charge < -0.3 is 0 Å². The van der Waals surface area contributed by atoms with Crippen LogP contribution < -0.4 is 0 Å². The summed E-state index contributed by atoms with van der Waals surface area (Å²) in [6.45, 7) is 2.11. The molecule has 0 saturated carbocycles. The summed E-state index contributed by atoms with van der Waals surface area (Å²) in [5, 5.41) is 0.711. The van der Waals surface area contributed by atoms with Crippen molar-refractivity contribution in [3.63, 3.8) is 0 Å². The average molecular weight is 336 g/mol. The Morgan fingerprint density at radius 2 is 1.65 bits per heavy atom. The number of benzene rings is 3. The van der Waals surface area contributed by atoms with Gasteiger partial charge in [-0.3, -0.25) is 0 Å². The molecule has 112 valence electrons. The van der Waals surface area contributed by atoms with Crippen LogP contribution in [0.5, 0.6) is 0 Å². The Kier molecular flexibility index (Phi) is 3.72. The van der Waals surface area contributed by atoms with Gasteiger partial charge in [0.2, 0.25) is 0 Å². The van der Waals surface area contributed by atoms with E-state index < -0.39 is 0 Å². The molecule has 0 aromatic heterocycles. The van der Waals surface area contributed by atoms with Gasteiger partial charge in [-0.25, -0.2) is 4.99 Å². The molecule has 0 amide bonds. The van der Waals surface area contributed by atoms with Crippen molar-refractivity contribution in [2.75, 3.05) is 0 Å². The summed E-state index contributed by atoms with van der Waals surface area (Å²) in [4.78, 5) is 7.32. The van der Waals surface area contributed by atoms with Gasteiger partial charge in [0.05, 0.1) is 11.4 Å². The number of hydrogen-bond acceptors (Lipinski definition) is 2. The predicted octanol–water partition coefficient (Wildman–Crippen LogP) is 6.28. The third-order valence-electron chi connectivity index (χ3n) is 3.81. The molecule has 3 heteroatoms. The first-order valence-corrected chi connectivity index (χ1v) is 8.63. The van der Waals surface area contributed by atoms with Crippen LogP contribution in [0.1, 0.15) is 16.7 Å². The Labute approximate surface area is 145 Å². The Morgan fingerprint density at radius 3 is 2.48 bits per heavy atom. The summed E-state index contributed by atoms with van der Waals surface area (Å²) in [6, 6.07) is 22.8. The van der Waals surface area contributed by atoms with Crippen LogP contribution in [0.25, 0.3) is 0 Å². The second-order valence-electron chi connectivity index (χ2n) is 5.54. The van der Waals surface area contributed by atoms with E-state index in [1.807, 2.05) is 36.4 Å². The lowest BCUT2D eigenvalue weighted by atomic mass is 10.0. The van der Waals surface area contributed by atoms with Crippen molar-refractivity contribution in [1.29, 1.82) is 0 Å². The van der Waals surface area contributed by atoms with E-state index in [0.717, 1.165) is 21.9 Å². The van der Waals surface area contributed by atoms with E-state index in [4.69, 9.17) is 16.6 Å². The molecule has 1 heterocycles. The van der Waals surface area contributed by atoms with Crippen molar-refractivity contribution >= 4 is 34.8 Å². The molecule has 0 N–H and O–H groups in total. The van der Waals surface area contributed by atoms with E-state index in [1.165, 1.54) is 16.0 Å². The van der Waals surface area contributed by atoms with E-state index in [2.05, 4.69) is 37.3 Å². The van der Waals surface area contributed by atoms with Crippen LogP contribution in [0.3, 0.4) is 0 Å². The Bertz CT molecular complexity index is 916. The molecule has 1 nitrogen and oxygen atoms in total. The highest BCUT2D eigenvalue weighted by molar-refractivity contribution is 7.99. The maximum Gasteiger partial charge on any atom is 0.0793 e. The van der Waals surface area contributed by atoms with E-state index in [9.17, 15) is 0 Å². The molecule has 0 saturated heterocycles. The highest BCUT2D eigenvalue weighted by Gasteiger charge is 2.19. The lowest BCUT2D eigenvalue weighted by Gasteiger charge is -2.10. The minimum Gasteiger partial charge on any atom is -0.247 e. The summed E-state index contributed by atoms with van der Waals surface area (Å²) in [6.07, 6.45) is 0. The normalized spacial score (nSPS) is 12.9. The van der Waals surface area contributed by atoms with Crippen molar-refractivity contribution in [2.45, 2.75) is 16.7 Å². The molecule has 0 bridgehead atoms. The topological polar surface area (TPSA) is 12.4 Å². The van der Waals surface area contributed by atoms with E-state index in [1.54, 1.807) is 11.8 Å². The van der Waals surface area contributed by atoms with Crippen molar-refractivity contribution < 1.29 is 0 Å².